The number of nitrogens with zero attached hydrogens (tertiary/aromatic N) is 2. The molecule has 0 bridgehead atoms. The lowest BCUT2D eigenvalue weighted by Gasteiger charge is -2.17. The lowest BCUT2D eigenvalue weighted by atomic mass is 9.91. The van der Waals surface area contributed by atoms with Crippen LogP contribution in [0.5, 0.6) is 0 Å². The van der Waals surface area contributed by atoms with Crippen molar-refractivity contribution in [3.05, 3.63) is 29.3 Å². The molecular formula is C13H18N2. The molecule has 1 aliphatic rings. The highest BCUT2D eigenvalue weighted by molar-refractivity contribution is 5.63. The maximum atomic E-state index is 4.52. The number of benzene rings is 1. The lowest BCUT2D eigenvalue weighted by Crippen LogP contribution is -2.08. The largest absolute Gasteiger partial charge is 0.369 e. The Morgan fingerprint density at radius 1 is 1.20 bits per heavy atom. The van der Waals surface area contributed by atoms with Crippen molar-refractivity contribution in [2.45, 2.75) is 25.7 Å². The summed E-state index contributed by atoms with van der Waals surface area (Å²) in [5.74, 6) is 0. The van der Waals surface area contributed by atoms with E-state index in [9.17, 15) is 0 Å². The van der Waals surface area contributed by atoms with Crippen LogP contribution in [0.15, 0.2) is 23.2 Å². The molecule has 1 aliphatic carbocycles. The molecule has 80 valence electrons. The summed E-state index contributed by atoms with van der Waals surface area (Å²) < 4.78 is 0. The van der Waals surface area contributed by atoms with E-state index in [4.69, 9.17) is 0 Å². The van der Waals surface area contributed by atoms with Crippen molar-refractivity contribution in [2.24, 2.45) is 4.99 Å². The third-order valence-corrected chi connectivity index (χ3v) is 2.80. The molecule has 0 saturated carbocycles. The zero-order valence-electron chi connectivity index (χ0n) is 9.53. The number of aliphatic imine (C=N–C) groups is 1. The van der Waals surface area contributed by atoms with Gasteiger partial charge in [-0.1, -0.05) is 12.1 Å². The lowest BCUT2D eigenvalue weighted by molar-refractivity contribution is 0.642. The predicted molar refractivity (Wildman–Crippen MR) is 64.9 cm³/mol. The molecule has 1 aromatic carbocycles. The molecule has 15 heavy (non-hydrogen) atoms. The van der Waals surface area contributed by atoms with Crippen LogP contribution in [0.25, 0.3) is 0 Å². The Morgan fingerprint density at radius 2 is 2.00 bits per heavy atom. The van der Waals surface area contributed by atoms with Crippen molar-refractivity contribution in [1.29, 1.82) is 0 Å². The highest BCUT2D eigenvalue weighted by Crippen LogP contribution is 2.29. The van der Waals surface area contributed by atoms with E-state index < -0.39 is 0 Å². The maximum Gasteiger partial charge on any atom is 0.0907 e. The third kappa shape index (κ3) is 2.38. The van der Waals surface area contributed by atoms with Gasteiger partial charge in [0.2, 0.25) is 0 Å². The van der Waals surface area contributed by atoms with E-state index in [-0.39, 0.29) is 0 Å². The van der Waals surface area contributed by atoms with Crippen LogP contribution in [0, 0.1) is 0 Å². The second-order valence-corrected chi connectivity index (χ2v) is 4.33. The molecule has 2 nitrogen and oxygen atoms in total. The summed E-state index contributed by atoms with van der Waals surface area (Å²) in [7, 11) is 4.00. The summed E-state index contributed by atoms with van der Waals surface area (Å²) in [6.45, 7) is 0. The fourth-order valence-electron chi connectivity index (χ4n) is 2.06. The second-order valence-electron chi connectivity index (χ2n) is 4.33. The Balaban J connectivity index is 2.31. The van der Waals surface area contributed by atoms with Gasteiger partial charge in [-0.05, 0) is 42.9 Å². The van der Waals surface area contributed by atoms with E-state index in [0.717, 1.165) is 5.69 Å². The summed E-state index contributed by atoms with van der Waals surface area (Å²) >= 11 is 0. The van der Waals surface area contributed by atoms with E-state index in [2.05, 4.69) is 23.2 Å². The summed E-state index contributed by atoms with van der Waals surface area (Å²) in [5, 5.41) is 0. The van der Waals surface area contributed by atoms with Crippen molar-refractivity contribution in [1.82, 2.24) is 4.90 Å². The molecule has 0 saturated heterocycles. The second kappa shape index (κ2) is 4.47. The molecule has 2 heteroatoms. The van der Waals surface area contributed by atoms with Crippen LogP contribution in [0.4, 0.5) is 5.69 Å². The van der Waals surface area contributed by atoms with Gasteiger partial charge in [-0.25, -0.2) is 4.99 Å². The van der Waals surface area contributed by atoms with Gasteiger partial charge in [0.05, 0.1) is 12.0 Å². The first-order valence-electron chi connectivity index (χ1n) is 5.59. The van der Waals surface area contributed by atoms with Crippen molar-refractivity contribution in [2.75, 3.05) is 14.1 Å². The molecule has 0 heterocycles. The van der Waals surface area contributed by atoms with Crippen LogP contribution >= 0.6 is 0 Å². The molecule has 0 fully saturated rings. The average molecular weight is 202 g/mol. The normalized spacial score (nSPS) is 15.3. The average Bonchev–Trinajstić information content (AvgIpc) is 2.26. The SMILES string of the molecule is CN(C)C=Nc1cccc2c1CCCC2. The minimum Gasteiger partial charge on any atom is -0.369 e. The summed E-state index contributed by atoms with van der Waals surface area (Å²) in [5.41, 5.74) is 4.11. The van der Waals surface area contributed by atoms with E-state index in [0.29, 0.717) is 0 Å². The first-order valence-corrected chi connectivity index (χ1v) is 5.59. The smallest absolute Gasteiger partial charge is 0.0907 e. The van der Waals surface area contributed by atoms with Crippen molar-refractivity contribution in [3.8, 4) is 0 Å². The first kappa shape index (κ1) is 10.2. The first-order chi connectivity index (χ1) is 7.27. The Kier molecular flexibility index (Phi) is 3.05. The van der Waals surface area contributed by atoms with Crippen LogP contribution in [0.2, 0.25) is 0 Å². The molecule has 1 aromatic rings. The molecule has 0 radical (unpaired) electrons. The van der Waals surface area contributed by atoms with Crippen LogP contribution in [-0.4, -0.2) is 25.3 Å². The van der Waals surface area contributed by atoms with Crippen molar-refractivity contribution in [3.63, 3.8) is 0 Å². The van der Waals surface area contributed by atoms with Crippen LogP contribution < -0.4 is 0 Å². The van der Waals surface area contributed by atoms with E-state index >= 15 is 0 Å². The van der Waals surface area contributed by atoms with Crippen LogP contribution in [0.1, 0.15) is 24.0 Å². The van der Waals surface area contributed by atoms with Crippen LogP contribution in [0.3, 0.4) is 0 Å². The molecule has 0 N–H and O–H groups in total. The monoisotopic (exact) mass is 202 g/mol. The highest BCUT2D eigenvalue weighted by Gasteiger charge is 2.11. The minimum atomic E-state index is 1.15. The van der Waals surface area contributed by atoms with Crippen LogP contribution in [-0.2, 0) is 12.8 Å². The molecule has 0 atom stereocenters. The highest BCUT2D eigenvalue weighted by atomic mass is 15.1. The minimum absolute atomic E-state index is 1.15. The molecule has 0 unspecified atom stereocenters. The number of rotatable bonds is 2. The summed E-state index contributed by atoms with van der Waals surface area (Å²) in [6, 6.07) is 6.47. The quantitative estimate of drug-likeness (QED) is 0.532. The van der Waals surface area contributed by atoms with Crippen molar-refractivity contribution >= 4 is 12.0 Å². The fraction of sp³-hybridized carbons (Fsp3) is 0.462. The van der Waals surface area contributed by atoms with E-state index in [1.54, 1.807) is 0 Å². The zero-order valence-corrected chi connectivity index (χ0v) is 9.53. The molecule has 0 aromatic heterocycles. The molecule has 0 aliphatic heterocycles. The van der Waals surface area contributed by atoms with Gasteiger partial charge in [0.25, 0.3) is 0 Å². The van der Waals surface area contributed by atoms with E-state index in [1.807, 2.05) is 25.3 Å². The fourth-order valence-corrected chi connectivity index (χ4v) is 2.06. The topological polar surface area (TPSA) is 15.6 Å². The Morgan fingerprint density at radius 3 is 2.80 bits per heavy atom. The molecule has 0 spiro atoms. The number of hydrogen-bond acceptors (Lipinski definition) is 1. The Labute approximate surface area is 91.6 Å². The third-order valence-electron chi connectivity index (χ3n) is 2.80. The summed E-state index contributed by atoms with van der Waals surface area (Å²) in [6.07, 6.45) is 6.93. The van der Waals surface area contributed by atoms with Gasteiger partial charge in [-0.15, -0.1) is 0 Å². The molecular weight excluding hydrogens is 184 g/mol. The van der Waals surface area contributed by atoms with Gasteiger partial charge >= 0.3 is 0 Å². The molecule has 0 amide bonds. The van der Waals surface area contributed by atoms with Gasteiger partial charge < -0.3 is 4.90 Å². The Bertz CT molecular complexity index is 367. The van der Waals surface area contributed by atoms with Crippen molar-refractivity contribution < 1.29 is 0 Å². The summed E-state index contributed by atoms with van der Waals surface area (Å²) in [4.78, 5) is 6.49. The standard InChI is InChI=1S/C13H18N2/c1-15(2)10-14-13-9-5-7-11-6-3-4-8-12(11)13/h5,7,9-10H,3-4,6,8H2,1-2H3. The van der Waals surface area contributed by atoms with Gasteiger partial charge in [-0.2, -0.15) is 0 Å². The predicted octanol–water partition coefficient (Wildman–Crippen LogP) is 2.79. The maximum absolute atomic E-state index is 4.52. The molecule has 2 rings (SSSR count). The van der Waals surface area contributed by atoms with Gasteiger partial charge in [0.15, 0.2) is 0 Å². The zero-order chi connectivity index (χ0) is 10.7. The van der Waals surface area contributed by atoms with Gasteiger partial charge in [0.1, 0.15) is 0 Å². The number of fused-ring (bicyclic) bond motifs is 1. The van der Waals surface area contributed by atoms with E-state index in [1.165, 1.54) is 36.8 Å². The van der Waals surface area contributed by atoms with Gasteiger partial charge in [0, 0.05) is 14.1 Å². The number of aryl methyl sites for hydroxylation is 1. The Hall–Kier alpha value is -1.31. The number of hydrogen-bond donors (Lipinski definition) is 0. The van der Waals surface area contributed by atoms with Gasteiger partial charge in [-0.3, -0.25) is 0 Å².